The minimum absolute atomic E-state index is 0.174. The molecular weight excluding hydrogens is 374 g/mol. The molecule has 1 saturated heterocycles. The van der Waals surface area contributed by atoms with Crippen LogP contribution in [0.3, 0.4) is 0 Å². The van der Waals surface area contributed by atoms with Gasteiger partial charge in [-0.2, -0.15) is 10.1 Å². The number of likely N-dealkylation sites (tertiary alicyclic amines) is 1. The first-order chi connectivity index (χ1) is 14.1. The van der Waals surface area contributed by atoms with Crippen molar-refractivity contribution in [3.8, 4) is 11.5 Å². The second-order valence-electron chi connectivity index (χ2n) is 7.21. The van der Waals surface area contributed by atoms with Crippen LogP contribution >= 0.6 is 0 Å². The SMILES string of the molecule is CC(C)c1noc([C@@H]2CCCCN2C(=O)NCc2nc(-c3cnccn3)n[nH]2)n1. The van der Waals surface area contributed by atoms with Crippen molar-refractivity contribution in [2.24, 2.45) is 0 Å². The number of carbonyl (C=O) groups is 1. The van der Waals surface area contributed by atoms with Crippen molar-refractivity contribution in [2.75, 3.05) is 6.54 Å². The lowest BCUT2D eigenvalue weighted by atomic mass is 10.0. The van der Waals surface area contributed by atoms with Crippen LogP contribution in [0.1, 0.15) is 62.6 Å². The third-order valence-electron chi connectivity index (χ3n) is 4.75. The van der Waals surface area contributed by atoms with Crippen molar-refractivity contribution in [1.82, 2.24) is 45.5 Å². The van der Waals surface area contributed by atoms with E-state index in [1.165, 1.54) is 0 Å². The Morgan fingerprint density at radius 1 is 1.34 bits per heavy atom. The van der Waals surface area contributed by atoms with Gasteiger partial charge >= 0.3 is 6.03 Å². The molecule has 11 heteroatoms. The van der Waals surface area contributed by atoms with Crippen LogP contribution in [0.4, 0.5) is 4.79 Å². The average Bonchev–Trinajstić information content (AvgIpc) is 3.43. The van der Waals surface area contributed by atoms with Gasteiger partial charge in [-0.15, -0.1) is 0 Å². The number of aromatic nitrogens is 7. The zero-order valence-corrected chi connectivity index (χ0v) is 16.4. The van der Waals surface area contributed by atoms with Gasteiger partial charge in [-0.1, -0.05) is 19.0 Å². The predicted molar refractivity (Wildman–Crippen MR) is 101 cm³/mol. The molecule has 1 aliphatic rings. The number of piperidine rings is 1. The smallest absolute Gasteiger partial charge is 0.318 e. The number of H-pyrrole nitrogens is 1. The van der Waals surface area contributed by atoms with Gasteiger partial charge in [0.25, 0.3) is 0 Å². The highest BCUT2D eigenvalue weighted by Gasteiger charge is 2.32. The summed E-state index contributed by atoms with van der Waals surface area (Å²) in [5, 5.41) is 13.9. The number of hydrogen-bond acceptors (Lipinski definition) is 8. The Balaban J connectivity index is 1.41. The highest BCUT2D eigenvalue weighted by molar-refractivity contribution is 5.74. The molecule has 0 bridgehead atoms. The van der Waals surface area contributed by atoms with Gasteiger partial charge in [-0.05, 0) is 19.3 Å². The quantitative estimate of drug-likeness (QED) is 0.668. The molecule has 3 aromatic heterocycles. The van der Waals surface area contributed by atoms with E-state index in [1.807, 2.05) is 13.8 Å². The summed E-state index contributed by atoms with van der Waals surface area (Å²) < 4.78 is 5.44. The summed E-state index contributed by atoms with van der Waals surface area (Å²) in [6, 6.07) is -0.412. The number of nitrogens with zero attached hydrogens (tertiary/aromatic N) is 7. The third-order valence-corrected chi connectivity index (χ3v) is 4.75. The molecule has 2 N–H and O–H groups in total. The molecule has 0 aliphatic carbocycles. The van der Waals surface area contributed by atoms with Gasteiger partial charge in [-0.3, -0.25) is 10.1 Å². The van der Waals surface area contributed by atoms with Crippen molar-refractivity contribution in [3.63, 3.8) is 0 Å². The zero-order chi connectivity index (χ0) is 20.2. The van der Waals surface area contributed by atoms with E-state index in [9.17, 15) is 4.79 Å². The van der Waals surface area contributed by atoms with Crippen LogP contribution in [0.2, 0.25) is 0 Å². The summed E-state index contributed by atoms with van der Waals surface area (Å²) in [5.41, 5.74) is 0.565. The Kier molecular flexibility index (Phi) is 5.45. The fourth-order valence-electron chi connectivity index (χ4n) is 3.21. The minimum atomic E-state index is -0.214. The van der Waals surface area contributed by atoms with Crippen molar-refractivity contribution in [2.45, 2.75) is 51.6 Å². The molecule has 1 fully saturated rings. The van der Waals surface area contributed by atoms with Crippen molar-refractivity contribution in [1.29, 1.82) is 0 Å². The maximum absolute atomic E-state index is 12.8. The first kappa shape index (κ1) is 19.0. The molecule has 4 rings (SSSR count). The zero-order valence-electron chi connectivity index (χ0n) is 16.4. The molecule has 11 nitrogen and oxygen atoms in total. The summed E-state index contributed by atoms with van der Waals surface area (Å²) in [6.45, 7) is 4.87. The van der Waals surface area contributed by atoms with Crippen LogP contribution in [0, 0.1) is 0 Å². The van der Waals surface area contributed by atoms with Gasteiger partial charge in [-0.25, -0.2) is 14.8 Å². The molecule has 3 aromatic rings. The van der Waals surface area contributed by atoms with E-state index in [-0.39, 0.29) is 24.5 Å². The first-order valence-electron chi connectivity index (χ1n) is 9.67. The van der Waals surface area contributed by atoms with Crippen LogP contribution in [0.15, 0.2) is 23.1 Å². The van der Waals surface area contributed by atoms with Crippen LogP contribution in [0.25, 0.3) is 11.5 Å². The fraction of sp³-hybridized carbons (Fsp3) is 0.500. The lowest BCUT2D eigenvalue weighted by Crippen LogP contribution is -2.44. The van der Waals surface area contributed by atoms with Crippen LogP contribution in [-0.4, -0.2) is 52.8 Å². The monoisotopic (exact) mass is 397 g/mol. The number of nitrogens with one attached hydrogen (secondary N) is 2. The van der Waals surface area contributed by atoms with Crippen LogP contribution < -0.4 is 5.32 Å². The van der Waals surface area contributed by atoms with Crippen molar-refractivity contribution in [3.05, 3.63) is 36.1 Å². The topological polar surface area (TPSA) is 139 Å². The largest absolute Gasteiger partial charge is 0.337 e. The molecule has 152 valence electrons. The molecule has 4 heterocycles. The van der Waals surface area contributed by atoms with Gasteiger partial charge in [0.05, 0.1) is 12.7 Å². The second-order valence-corrected chi connectivity index (χ2v) is 7.21. The third kappa shape index (κ3) is 4.23. The van der Waals surface area contributed by atoms with E-state index >= 15 is 0 Å². The Bertz CT molecular complexity index is 953. The van der Waals surface area contributed by atoms with E-state index in [0.717, 1.165) is 19.3 Å². The number of rotatable bonds is 5. The number of aromatic amines is 1. The maximum atomic E-state index is 12.8. The normalized spacial score (nSPS) is 16.9. The number of urea groups is 1. The molecule has 1 aliphatic heterocycles. The van der Waals surface area contributed by atoms with Crippen molar-refractivity contribution >= 4 is 6.03 Å². The van der Waals surface area contributed by atoms with Gasteiger partial charge in [0.1, 0.15) is 17.6 Å². The Morgan fingerprint density at radius 3 is 3.00 bits per heavy atom. The summed E-state index contributed by atoms with van der Waals surface area (Å²) in [4.78, 5) is 31.6. The number of carbonyl (C=O) groups excluding carboxylic acids is 1. The summed E-state index contributed by atoms with van der Waals surface area (Å²) in [6.07, 6.45) is 7.49. The molecule has 0 saturated carbocycles. The van der Waals surface area contributed by atoms with Gasteiger partial charge in [0.15, 0.2) is 5.82 Å². The molecule has 0 unspecified atom stereocenters. The molecule has 1 atom stereocenters. The maximum Gasteiger partial charge on any atom is 0.318 e. The van der Waals surface area contributed by atoms with E-state index in [1.54, 1.807) is 23.5 Å². The van der Waals surface area contributed by atoms with Crippen LogP contribution in [0.5, 0.6) is 0 Å². The number of hydrogen-bond donors (Lipinski definition) is 2. The molecule has 0 aromatic carbocycles. The molecule has 29 heavy (non-hydrogen) atoms. The van der Waals surface area contributed by atoms with Gasteiger partial charge < -0.3 is 14.7 Å². The predicted octanol–water partition coefficient (Wildman–Crippen LogP) is 2.20. The van der Waals surface area contributed by atoms with Gasteiger partial charge in [0.2, 0.25) is 11.7 Å². The van der Waals surface area contributed by atoms with E-state index < -0.39 is 0 Å². The molecule has 0 spiro atoms. The first-order valence-corrected chi connectivity index (χ1v) is 9.67. The Labute approximate surface area is 167 Å². The highest BCUT2D eigenvalue weighted by Crippen LogP contribution is 2.30. The second kappa shape index (κ2) is 8.33. The lowest BCUT2D eigenvalue weighted by molar-refractivity contribution is 0.131. The van der Waals surface area contributed by atoms with Gasteiger partial charge in [0, 0.05) is 24.9 Å². The summed E-state index contributed by atoms with van der Waals surface area (Å²) >= 11 is 0. The summed E-state index contributed by atoms with van der Waals surface area (Å²) in [5.74, 6) is 2.29. The lowest BCUT2D eigenvalue weighted by Gasteiger charge is -2.33. The molecule has 2 amide bonds. The van der Waals surface area contributed by atoms with Crippen molar-refractivity contribution < 1.29 is 9.32 Å². The fourth-order valence-corrected chi connectivity index (χ4v) is 3.21. The minimum Gasteiger partial charge on any atom is -0.337 e. The standard InChI is InChI=1S/C18H23N9O2/c1-11(2)15-23-17(29-26-15)13-5-3-4-8-27(13)18(28)21-10-14-22-16(25-24-14)12-9-19-6-7-20-12/h6-7,9,11,13H,3-5,8,10H2,1-2H3,(H,21,28)(H,22,24,25)/t13-/m0/s1. The summed E-state index contributed by atoms with van der Waals surface area (Å²) in [7, 11) is 0. The van der Waals surface area contributed by atoms with E-state index in [2.05, 4.69) is 40.6 Å². The molecular formula is C18H23N9O2. The average molecular weight is 397 g/mol. The number of amides is 2. The Hall–Kier alpha value is -3.37. The Morgan fingerprint density at radius 2 is 2.24 bits per heavy atom. The van der Waals surface area contributed by atoms with E-state index in [4.69, 9.17) is 4.52 Å². The van der Waals surface area contributed by atoms with Crippen LogP contribution in [-0.2, 0) is 6.54 Å². The van der Waals surface area contributed by atoms with E-state index in [0.29, 0.717) is 35.6 Å². The highest BCUT2D eigenvalue weighted by atomic mass is 16.5. The molecule has 0 radical (unpaired) electrons.